The number of hydrogen-bond acceptors (Lipinski definition) is 5. The zero-order valence-electron chi connectivity index (χ0n) is 21.0. The highest BCUT2D eigenvalue weighted by atomic mass is 35.5. The van der Waals surface area contributed by atoms with Gasteiger partial charge >= 0.3 is 0 Å². The minimum Gasteiger partial charge on any atom is -0.489 e. The summed E-state index contributed by atoms with van der Waals surface area (Å²) < 4.78 is 5.80. The minimum absolute atomic E-state index is 0.0784. The van der Waals surface area contributed by atoms with Crippen molar-refractivity contribution in [2.24, 2.45) is 5.10 Å². The molecule has 8 heteroatoms. The third-order valence-corrected chi connectivity index (χ3v) is 7.67. The summed E-state index contributed by atoms with van der Waals surface area (Å²) in [5, 5.41) is 4.68. The molecule has 0 aliphatic carbocycles. The fourth-order valence-corrected chi connectivity index (χ4v) is 5.55. The van der Waals surface area contributed by atoms with Crippen molar-refractivity contribution in [3.63, 3.8) is 0 Å². The summed E-state index contributed by atoms with van der Waals surface area (Å²) in [7, 11) is 0. The third kappa shape index (κ3) is 7.07. The average Bonchev–Trinajstić information content (AvgIpc) is 3.32. The van der Waals surface area contributed by atoms with E-state index in [-0.39, 0.29) is 17.2 Å². The second kappa shape index (κ2) is 12.7. The van der Waals surface area contributed by atoms with E-state index in [0.717, 1.165) is 28.0 Å². The first-order valence-electron chi connectivity index (χ1n) is 12.4. The van der Waals surface area contributed by atoms with Gasteiger partial charge in [0, 0.05) is 17.1 Å². The van der Waals surface area contributed by atoms with Gasteiger partial charge < -0.3 is 9.64 Å². The van der Waals surface area contributed by atoms with Crippen LogP contribution in [0.25, 0.3) is 0 Å². The van der Waals surface area contributed by atoms with Crippen LogP contribution >= 0.6 is 23.4 Å². The first-order valence-corrected chi connectivity index (χ1v) is 13.8. The molecule has 0 spiro atoms. The normalized spacial score (nSPS) is 15.1. The summed E-state index contributed by atoms with van der Waals surface area (Å²) in [6, 6.07) is 32.2. The largest absolute Gasteiger partial charge is 0.489 e. The Hall–Kier alpha value is -4.07. The number of rotatable bonds is 9. The molecule has 1 N–H and O–H groups in total. The Morgan fingerprint density at radius 2 is 1.72 bits per heavy atom. The Labute approximate surface area is 236 Å². The van der Waals surface area contributed by atoms with Gasteiger partial charge in [0.2, 0.25) is 5.91 Å². The van der Waals surface area contributed by atoms with E-state index in [4.69, 9.17) is 16.3 Å². The molecule has 1 fully saturated rings. The van der Waals surface area contributed by atoms with Crippen molar-refractivity contribution in [2.45, 2.75) is 18.5 Å². The highest BCUT2D eigenvalue weighted by Gasteiger charge is 2.32. The van der Waals surface area contributed by atoms with Gasteiger partial charge in [-0.05, 0) is 70.8 Å². The number of carbonyl (C=O) groups excluding carboxylic acids is 2. The number of benzene rings is 4. The molecule has 196 valence electrons. The van der Waals surface area contributed by atoms with Crippen molar-refractivity contribution in [3.05, 3.63) is 136 Å². The van der Waals surface area contributed by atoms with Crippen LogP contribution in [0.3, 0.4) is 0 Å². The van der Waals surface area contributed by atoms with Crippen LogP contribution in [0.1, 0.15) is 38.0 Å². The fraction of sp³-hybridized carbons (Fsp3) is 0.129. The lowest BCUT2D eigenvalue weighted by Crippen LogP contribution is -2.27. The van der Waals surface area contributed by atoms with Gasteiger partial charge in [-0.15, -0.1) is 11.8 Å². The quantitative estimate of drug-likeness (QED) is 0.190. The molecule has 2 amide bonds. The van der Waals surface area contributed by atoms with Crippen molar-refractivity contribution < 1.29 is 14.3 Å². The van der Waals surface area contributed by atoms with Gasteiger partial charge in [-0.25, -0.2) is 5.43 Å². The van der Waals surface area contributed by atoms with Crippen LogP contribution in [0.5, 0.6) is 5.75 Å². The van der Waals surface area contributed by atoms with Gasteiger partial charge in [-0.1, -0.05) is 66.2 Å². The summed E-state index contributed by atoms with van der Waals surface area (Å²) in [5.74, 6) is 0.977. The molecule has 39 heavy (non-hydrogen) atoms. The van der Waals surface area contributed by atoms with Crippen LogP contribution < -0.4 is 10.2 Å². The highest BCUT2D eigenvalue weighted by Crippen LogP contribution is 2.39. The summed E-state index contributed by atoms with van der Waals surface area (Å²) in [4.78, 5) is 27.0. The number of nitrogens with zero attached hydrogens (tertiary/aromatic N) is 2. The molecule has 0 aromatic heterocycles. The fourth-order valence-electron chi connectivity index (χ4n) is 4.15. The molecular formula is C31H26ClN3O3S. The Morgan fingerprint density at radius 3 is 2.46 bits per heavy atom. The van der Waals surface area contributed by atoms with Crippen LogP contribution in [-0.2, 0) is 17.9 Å². The van der Waals surface area contributed by atoms with Crippen molar-refractivity contribution in [1.82, 2.24) is 10.3 Å². The minimum atomic E-state index is -0.310. The zero-order valence-corrected chi connectivity index (χ0v) is 22.6. The van der Waals surface area contributed by atoms with Crippen LogP contribution in [0.2, 0.25) is 5.02 Å². The maximum atomic E-state index is 12.6. The Kier molecular flexibility index (Phi) is 8.61. The zero-order chi connectivity index (χ0) is 27.0. The first kappa shape index (κ1) is 26.5. The molecule has 0 unspecified atom stereocenters. The smallest absolute Gasteiger partial charge is 0.271 e. The van der Waals surface area contributed by atoms with Gasteiger partial charge in [0.1, 0.15) is 17.7 Å². The molecule has 1 saturated heterocycles. The van der Waals surface area contributed by atoms with E-state index in [1.165, 1.54) is 0 Å². The molecule has 4 aromatic rings. The first-order chi connectivity index (χ1) is 19.0. The lowest BCUT2D eigenvalue weighted by molar-refractivity contribution is -0.128. The molecule has 0 bridgehead atoms. The van der Waals surface area contributed by atoms with E-state index in [1.807, 2.05) is 95.9 Å². The molecule has 6 nitrogen and oxygen atoms in total. The van der Waals surface area contributed by atoms with Crippen molar-refractivity contribution in [3.8, 4) is 5.75 Å². The molecule has 4 aromatic carbocycles. The summed E-state index contributed by atoms with van der Waals surface area (Å²) in [5.41, 5.74) is 6.95. The molecule has 0 radical (unpaired) electrons. The highest BCUT2D eigenvalue weighted by molar-refractivity contribution is 8.00. The molecule has 0 saturated carbocycles. The van der Waals surface area contributed by atoms with Crippen molar-refractivity contribution in [1.29, 1.82) is 0 Å². The van der Waals surface area contributed by atoms with Gasteiger partial charge in [0.25, 0.3) is 5.91 Å². The average molecular weight is 556 g/mol. The van der Waals surface area contributed by atoms with E-state index in [9.17, 15) is 9.59 Å². The third-order valence-electron chi connectivity index (χ3n) is 6.18. The van der Waals surface area contributed by atoms with Crippen LogP contribution in [0.15, 0.2) is 108 Å². The number of carbonyl (C=O) groups is 2. The molecule has 1 atom stereocenters. The summed E-state index contributed by atoms with van der Waals surface area (Å²) in [6.07, 6.45) is 1.58. The molecule has 5 rings (SSSR count). The van der Waals surface area contributed by atoms with Crippen LogP contribution in [-0.4, -0.2) is 28.7 Å². The summed E-state index contributed by atoms with van der Waals surface area (Å²) in [6.45, 7) is 0.979. The van der Waals surface area contributed by atoms with Gasteiger partial charge in [-0.3, -0.25) is 9.59 Å². The number of nitrogens with one attached hydrogen (secondary N) is 1. The Bertz CT molecular complexity index is 1460. The van der Waals surface area contributed by atoms with Crippen LogP contribution in [0, 0.1) is 0 Å². The lowest BCUT2D eigenvalue weighted by Gasteiger charge is -2.24. The SMILES string of the molecule is O=C(N/N=C\c1ccc(OCc2cccc(Cl)c2)cc1)c1ccc([C@@H]2SCC(=O)N2Cc2ccccc2)cc1. The van der Waals surface area contributed by atoms with Gasteiger partial charge in [-0.2, -0.15) is 5.10 Å². The summed E-state index contributed by atoms with van der Waals surface area (Å²) >= 11 is 7.61. The maximum Gasteiger partial charge on any atom is 0.271 e. The number of ether oxygens (including phenoxy) is 1. The maximum absolute atomic E-state index is 12.6. The van der Waals surface area contributed by atoms with E-state index in [0.29, 0.717) is 29.5 Å². The predicted molar refractivity (Wildman–Crippen MR) is 156 cm³/mol. The Balaban J connectivity index is 1.13. The molecule has 1 heterocycles. The second-order valence-corrected chi connectivity index (χ2v) is 10.5. The number of thioether (sulfide) groups is 1. The monoisotopic (exact) mass is 555 g/mol. The van der Waals surface area contributed by atoms with E-state index in [1.54, 1.807) is 30.1 Å². The van der Waals surface area contributed by atoms with Gasteiger partial charge in [0.05, 0.1) is 12.0 Å². The lowest BCUT2D eigenvalue weighted by atomic mass is 10.1. The van der Waals surface area contributed by atoms with E-state index in [2.05, 4.69) is 10.5 Å². The van der Waals surface area contributed by atoms with Crippen LogP contribution in [0.4, 0.5) is 0 Å². The molecule has 1 aliphatic heterocycles. The number of hydrazone groups is 1. The number of halogens is 1. The molecule has 1 aliphatic rings. The predicted octanol–water partition coefficient (Wildman–Crippen LogP) is 6.46. The Morgan fingerprint density at radius 1 is 0.974 bits per heavy atom. The topological polar surface area (TPSA) is 71.0 Å². The number of amides is 2. The molecular weight excluding hydrogens is 530 g/mol. The van der Waals surface area contributed by atoms with Crippen molar-refractivity contribution in [2.75, 3.05) is 5.75 Å². The van der Waals surface area contributed by atoms with Gasteiger partial charge in [0.15, 0.2) is 0 Å². The standard InChI is InChI=1S/C31H26ClN3O3S/c32-27-8-4-7-24(17-27)20-38-28-15-9-22(10-16-28)18-33-34-30(37)25-11-13-26(14-12-25)31-35(29(36)21-39-31)19-23-5-2-1-3-6-23/h1-18,31H,19-21H2,(H,34,37)/b33-18-/t31-/m0/s1. The number of hydrogen-bond donors (Lipinski definition) is 1. The van der Waals surface area contributed by atoms with E-state index < -0.39 is 0 Å². The van der Waals surface area contributed by atoms with E-state index >= 15 is 0 Å². The second-order valence-electron chi connectivity index (χ2n) is 8.98. The van der Waals surface area contributed by atoms with Crippen molar-refractivity contribution >= 4 is 41.4 Å².